The van der Waals surface area contributed by atoms with Crippen molar-refractivity contribution in [3.8, 4) is 5.75 Å². The molecule has 1 atom stereocenters. The maximum atomic E-state index is 14.7. The Bertz CT molecular complexity index is 1070. The molecule has 0 heterocycles. The molecule has 4 rings (SSSR count). The molecule has 2 aliphatic rings. The zero-order valence-corrected chi connectivity index (χ0v) is 20.0. The Balaban J connectivity index is 1.47. The highest BCUT2D eigenvalue weighted by atomic mass is 19.3. The predicted octanol–water partition coefficient (Wildman–Crippen LogP) is 9.30. The van der Waals surface area contributed by atoms with Crippen LogP contribution in [-0.4, -0.2) is 0 Å². The quantitative estimate of drug-likeness (QED) is 0.264. The molecule has 1 unspecified atom stereocenters. The molecule has 0 N–H and O–H groups in total. The standard InChI is InChI=1S/C28H29F7O/c1-2-3-16-4-6-17(7-5-16)18-8-10-19(11-9-18)20-12-22(29)26(23(30)13-20)28(34,35)36-21-14-24(31)27(33)25(32)15-21/h10,12-18H,2-9,11H2,1H3. The lowest BCUT2D eigenvalue weighted by atomic mass is 9.70. The van der Waals surface area contributed by atoms with Crippen LogP contribution in [-0.2, 0) is 6.11 Å². The van der Waals surface area contributed by atoms with Crippen molar-refractivity contribution in [2.24, 2.45) is 17.8 Å². The first-order valence-electron chi connectivity index (χ1n) is 12.5. The molecule has 0 spiro atoms. The fourth-order valence-electron chi connectivity index (χ4n) is 5.73. The number of allylic oxidation sites excluding steroid dienone is 2. The maximum Gasteiger partial charge on any atom is 0.432 e. The van der Waals surface area contributed by atoms with Crippen molar-refractivity contribution in [3.05, 3.63) is 70.6 Å². The van der Waals surface area contributed by atoms with Gasteiger partial charge in [0.25, 0.3) is 0 Å². The summed E-state index contributed by atoms with van der Waals surface area (Å²) in [6.07, 6.45) is 6.98. The van der Waals surface area contributed by atoms with Crippen LogP contribution < -0.4 is 4.74 Å². The molecule has 1 nitrogen and oxygen atoms in total. The first-order valence-corrected chi connectivity index (χ1v) is 12.5. The van der Waals surface area contributed by atoms with Crippen LogP contribution in [0.25, 0.3) is 5.57 Å². The number of hydrogen-bond acceptors (Lipinski definition) is 1. The van der Waals surface area contributed by atoms with E-state index in [4.69, 9.17) is 0 Å². The van der Waals surface area contributed by atoms with Gasteiger partial charge in [-0.3, -0.25) is 0 Å². The smallest absolute Gasteiger partial charge is 0.429 e. The Hall–Kier alpha value is -2.51. The third kappa shape index (κ3) is 5.73. The second-order valence-electron chi connectivity index (χ2n) is 9.97. The molecule has 36 heavy (non-hydrogen) atoms. The van der Waals surface area contributed by atoms with Crippen LogP contribution in [0.5, 0.6) is 5.75 Å². The Labute approximate surface area is 206 Å². The molecule has 1 saturated carbocycles. The minimum Gasteiger partial charge on any atom is -0.429 e. The van der Waals surface area contributed by atoms with E-state index in [1.54, 1.807) is 0 Å². The highest BCUT2D eigenvalue weighted by molar-refractivity contribution is 5.67. The number of benzene rings is 2. The van der Waals surface area contributed by atoms with Gasteiger partial charge in [0.05, 0.1) is 0 Å². The van der Waals surface area contributed by atoms with Crippen molar-refractivity contribution in [3.63, 3.8) is 0 Å². The van der Waals surface area contributed by atoms with Gasteiger partial charge in [-0.1, -0.05) is 38.7 Å². The fourth-order valence-corrected chi connectivity index (χ4v) is 5.73. The van der Waals surface area contributed by atoms with Gasteiger partial charge in [0.2, 0.25) is 0 Å². The van der Waals surface area contributed by atoms with Crippen LogP contribution in [0.2, 0.25) is 0 Å². The molecule has 2 aromatic carbocycles. The summed E-state index contributed by atoms with van der Waals surface area (Å²) < 4.78 is 103. The molecule has 0 bridgehead atoms. The lowest BCUT2D eigenvalue weighted by molar-refractivity contribution is -0.189. The second kappa shape index (κ2) is 10.9. The van der Waals surface area contributed by atoms with Crippen LogP contribution in [0.3, 0.4) is 0 Å². The topological polar surface area (TPSA) is 9.23 Å². The summed E-state index contributed by atoms with van der Waals surface area (Å²) in [5, 5.41) is 0. The van der Waals surface area contributed by atoms with E-state index < -0.39 is 46.5 Å². The summed E-state index contributed by atoms with van der Waals surface area (Å²) in [4.78, 5) is 0. The summed E-state index contributed by atoms with van der Waals surface area (Å²) in [5.41, 5.74) is -0.815. The van der Waals surface area contributed by atoms with Crippen molar-refractivity contribution < 1.29 is 35.5 Å². The van der Waals surface area contributed by atoms with Gasteiger partial charge in [-0.2, -0.15) is 8.78 Å². The van der Waals surface area contributed by atoms with E-state index in [1.807, 2.05) is 6.08 Å². The van der Waals surface area contributed by atoms with Crippen LogP contribution >= 0.6 is 0 Å². The molecule has 196 valence electrons. The van der Waals surface area contributed by atoms with E-state index in [0.29, 0.717) is 23.8 Å². The molecular formula is C28H29F7O. The van der Waals surface area contributed by atoms with E-state index >= 15 is 0 Å². The van der Waals surface area contributed by atoms with E-state index in [9.17, 15) is 30.7 Å². The summed E-state index contributed by atoms with van der Waals surface area (Å²) in [6.45, 7) is 2.21. The van der Waals surface area contributed by atoms with Crippen molar-refractivity contribution in [2.45, 2.75) is 70.8 Å². The van der Waals surface area contributed by atoms with Gasteiger partial charge in [0.1, 0.15) is 22.9 Å². The van der Waals surface area contributed by atoms with Crippen LogP contribution in [0.15, 0.2) is 30.3 Å². The summed E-state index contributed by atoms with van der Waals surface area (Å²) in [5.74, 6) is -7.65. The summed E-state index contributed by atoms with van der Waals surface area (Å²) in [7, 11) is 0. The highest BCUT2D eigenvalue weighted by Crippen LogP contribution is 2.43. The second-order valence-corrected chi connectivity index (χ2v) is 9.97. The molecule has 8 heteroatoms. The van der Waals surface area contributed by atoms with Crippen LogP contribution in [0.4, 0.5) is 30.7 Å². The van der Waals surface area contributed by atoms with E-state index in [0.717, 1.165) is 30.9 Å². The minimum atomic E-state index is -4.59. The third-order valence-electron chi connectivity index (χ3n) is 7.61. The molecule has 0 radical (unpaired) electrons. The summed E-state index contributed by atoms with van der Waals surface area (Å²) in [6, 6.07) is 2.00. The Kier molecular flexibility index (Phi) is 8.00. The third-order valence-corrected chi connectivity index (χ3v) is 7.61. The van der Waals surface area contributed by atoms with Gasteiger partial charge in [0, 0.05) is 12.1 Å². The highest BCUT2D eigenvalue weighted by Gasteiger charge is 2.42. The van der Waals surface area contributed by atoms with E-state index in [2.05, 4.69) is 11.7 Å². The SMILES string of the molecule is CCCC1CCC(C2CC=C(c3cc(F)c(C(F)(F)Oc4cc(F)c(F)c(F)c4)c(F)c3)CC2)CC1. The average Bonchev–Trinajstić information content (AvgIpc) is 2.82. The van der Waals surface area contributed by atoms with Crippen LogP contribution in [0, 0.1) is 46.8 Å². The molecule has 2 aliphatic carbocycles. The molecule has 0 aliphatic heterocycles. The fraction of sp³-hybridized carbons (Fsp3) is 0.500. The Morgan fingerprint density at radius 3 is 1.94 bits per heavy atom. The molecular weight excluding hydrogens is 485 g/mol. The first kappa shape index (κ1) is 26.6. The number of rotatable bonds is 7. The Morgan fingerprint density at radius 2 is 1.42 bits per heavy atom. The van der Waals surface area contributed by atoms with Gasteiger partial charge in [-0.05, 0) is 73.1 Å². The zero-order chi connectivity index (χ0) is 26.0. The van der Waals surface area contributed by atoms with Gasteiger partial charge < -0.3 is 4.74 Å². The number of hydrogen-bond donors (Lipinski definition) is 0. The molecule has 0 amide bonds. The van der Waals surface area contributed by atoms with E-state index in [-0.39, 0.29) is 17.7 Å². The number of alkyl halides is 2. The number of halogens is 7. The van der Waals surface area contributed by atoms with Crippen LogP contribution in [0.1, 0.15) is 75.8 Å². The largest absolute Gasteiger partial charge is 0.432 e. The van der Waals surface area contributed by atoms with Crippen molar-refractivity contribution in [1.29, 1.82) is 0 Å². The normalized spacial score (nSPS) is 22.9. The average molecular weight is 515 g/mol. The summed E-state index contributed by atoms with van der Waals surface area (Å²) >= 11 is 0. The first-order chi connectivity index (χ1) is 17.1. The van der Waals surface area contributed by atoms with Crippen molar-refractivity contribution in [2.75, 3.05) is 0 Å². The lowest BCUT2D eigenvalue weighted by Gasteiger charge is -2.35. The van der Waals surface area contributed by atoms with E-state index in [1.165, 1.54) is 38.5 Å². The van der Waals surface area contributed by atoms with Gasteiger partial charge in [-0.25, -0.2) is 22.0 Å². The molecule has 0 aromatic heterocycles. The minimum absolute atomic E-state index is 0.175. The van der Waals surface area contributed by atoms with Crippen molar-refractivity contribution >= 4 is 5.57 Å². The van der Waals surface area contributed by atoms with Gasteiger partial charge in [0.15, 0.2) is 17.5 Å². The maximum absolute atomic E-state index is 14.7. The predicted molar refractivity (Wildman–Crippen MR) is 123 cm³/mol. The van der Waals surface area contributed by atoms with Crippen molar-refractivity contribution in [1.82, 2.24) is 0 Å². The Morgan fingerprint density at radius 1 is 0.806 bits per heavy atom. The zero-order valence-electron chi connectivity index (χ0n) is 20.0. The lowest BCUT2D eigenvalue weighted by Crippen LogP contribution is -2.26. The molecule has 1 fully saturated rings. The molecule has 2 aromatic rings. The van der Waals surface area contributed by atoms with Gasteiger partial charge in [-0.15, -0.1) is 0 Å². The van der Waals surface area contributed by atoms with Gasteiger partial charge >= 0.3 is 6.11 Å². The number of ether oxygens (including phenoxy) is 1. The molecule has 0 saturated heterocycles. The monoisotopic (exact) mass is 514 g/mol.